The van der Waals surface area contributed by atoms with Gasteiger partial charge in [-0.2, -0.15) is 0 Å². The minimum absolute atomic E-state index is 0.579. The fourth-order valence-corrected chi connectivity index (χ4v) is 3.00. The largest absolute Gasteiger partial charge is 0.317 e. The summed E-state index contributed by atoms with van der Waals surface area (Å²) in [6.07, 6.45) is 11.3. The van der Waals surface area contributed by atoms with Crippen molar-refractivity contribution in [3.63, 3.8) is 0 Å². The second-order valence-electron chi connectivity index (χ2n) is 6.37. The molecule has 0 aromatic rings. The molecule has 0 amide bonds. The van der Waals surface area contributed by atoms with E-state index in [1.807, 2.05) is 0 Å². The van der Waals surface area contributed by atoms with Gasteiger partial charge in [-0.05, 0) is 50.1 Å². The van der Waals surface area contributed by atoms with Gasteiger partial charge in [-0.15, -0.1) is 0 Å². The van der Waals surface area contributed by atoms with Crippen LogP contribution in [0.1, 0.15) is 72.1 Å². The molecule has 0 aliphatic carbocycles. The number of unbranched alkanes of at least 4 members (excludes halogenated alkanes) is 3. The maximum atomic E-state index is 3.46. The zero-order valence-corrected chi connectivity index (χ0v) is 11.6. The van der Waals surface area contributed by atoms with E-state index >= 15 is 0 Å². The molecule has 0 atom stereocenters. The van der Waals surface area contributed by atoms with Crippen molar-refractivity contribution >= 4 is 0 Å². The second kappa shape index (κ2) is 7.32. The summed E-state index contributed by atoms with van der Waals surface area (Å²) in [6.45, 7) is 9.73. The first-order valence-corrected chi connectivity index (χ1v) is 7.35. The van der Waals surface area contributed by atoms with E-state index in [1.54, 1.807) is 0 Å². The Hall–Kier alpha value is -0.0400. The maximum Gasteiger partial charge on any atom is -0.00463 e. The Morgan fingerprint density at radius 1 is 1.06 bits per heavy atom. The van der Waals surface area contributed by atoms with E-state index in [0.717, 1.165) is 5.92 Å². The molecule has 0 bridgehead atoms. The highest BCUT2D eigenvalue weighted by Crippen LogP contribution is 2.34. The van der Waals surface area contributed by atoms with Gasteiger partial charge in [0.2, 0.25) is 0 Å². The van der Waals surface area contributed by atoms with Gasteiger partial charge in [-0.25, -0.2) is 0 Å². The summed E-state index contributed by atoms with van der Waals surface area (Å²) in [4.78, 5) is 0. The summed E-state index contributed by atoms with van der Waals surface area (Å²) in [6, 6.07) is 0. The summed E-state index contributed by atoms with van der Waals surface area (Å²) in [5.41, 5.74) is 0.579. The van der Waals surface area contributed by atoms with Crippen molar-refractivity contribution in [3.05, 3.63) is 0 Å². The number of piperidine rings is 1. The van der Waals surface area contributed by atoms with Crippen LogP contribution in [-0.4, -0.2) is 13.1 Å². The van der Waals surface area contributed by atoms with Gasteiger partial charge in [0.05, 0.1) is 0 Å². The molecule has 1 fully saturated rings. The fourth-order valence-electron chi connectivity index (χ4n) is 3.00. The molecule has 1 heterocycles. The third-order valence-electron chi connectivity index (χ3n) is 4.01. The smallest absolute Gasteiger partial charge is 0.00463 e. The highest BCUT2D eigenvalue weighted by atomic mass is 14.9. The topological polar surface area (TPSA) is 12.0 Å². The summed E-state index contributed by atoms with van der Waals surface area (Å²) in [5, 5.41) is 3.46. The fraction of sp³-hybridized carbons (Fsp3) is 1.00. The highest BCUT2D eigenvalue weighted by molar-refractivity contribution is 4.77. The normalized spacial score (nSPS) is 18.9. The summed E-state index contributed by atoms with van der Waals surface area (Å²) in [7, 11) is 0. The van der Waals surface area contributed by atoms with Gasteiger partial charge in [0.15, 0.2) is 0 Å². The van der Waals surface area contributed by atoms with Crippen molar-refractivity contribution in [1.82, 2.24) is 5.32 Å². The van der Waals surface area contributed by atoms with Gasteiger partial charge in [-0.1, -0.05) is 46.5 Å². The van der Waals surface area contributed by atoms with Crippen LogP contribution in [0.2, 0.25) is 0 Å². The molecule has 16 heavy (non-hydrogen) atoms. The molecule has 1 nitrogen and oxygen atoms in total. The molecule has 0 saturated carbocycles. The van der Waals surface area contributed by atoms with E-state index in [9.17, 15) is 0 Å². The molecule has 1 rings (SSSR count). The number of hydrogen-bond donors (Lipinski definition) is 1. The van der Waals surface area contributed by atoms with Gasteiger partial charge in [0.25, 0.3) is 0 Å². The molecule has 0 spiro atoms. The minimum atomic E-state index is 0.579. The van der Waals surface area contributed by atoms with Crippen molar-refractivity contribution in [2.24, 2.45) is 11.3 Å². The molecular weight excluding hydrogens is 194 g/mol. The molecule has 96 valence electrons. The van der Waals surface area contributed by atoms with E-state index in [0.29, 0.717) is 5.41 Å². The van der Waals surface area contributed by atoms with Gasteiger partial charge < -0.3 is 5.32 Å². The predicted octanol–water partition coefficient (Wildman–Crippen LogP) is 4.37. The van der Waals surface area contributed by atoms with Gasteiger partial charge in [-0.3, -0.25) is 0 Å². The first-order chi connectivity index (χ1) is 7.64. The lowest BCUT2D eigenvalue weighted by Crippen LogP contribution is -2.30. The lowest BCUT2D eigenvalue weighted by Gasteiger charge is -2.32. The quantitative estimate of drug-likeness (QED) is 0.634. The van der Waals surface area contributed by atoms with Crippen LogP contribution in [-0.2, 0) is 0 Å². The molecule has 1 aliphatic heterocycles. The van der Waals surface area contributed by atoms with Crippen molar-refractivity contribution < 1.29 is 0 Å². The first-order valence-electron chi connectivity index (χ1n) is 7.35. The van der Waals surface area contributed by atoms with Crippen LogP contribution in [0.25, 0.3) is 0 Å². The Bertz CT molecular complexity index is 168. The third kappa shape index (κ3) is 5.89. The predicted molar refractivity (Wildman–Crippen MR) is 72.8 cm³/mol. The molecular formula is C15H31N. The first kappa shape index (κ1) is 14.0. The summed E-state index contributed by atoms with van der Waals surface area (Å²) < 4.78 is 0. The Morgan fingerprint density at radius 2 is 1.75 bits per heavy atom. The van der Waals surface area contributed by atoms with E-state index in [4.69, 9.17) is 0 Å². The monoisotopic (exact) mass is 225 g/mol. The van der Waals surface area contributed by atoms with Crippen molar-refractivity contribution in [3.8, 4) is 0 Å². The molecule has 1 heteroatoms. The molecule has 1 N–H and O–H groups in total. The SMILES string of the molecule is CCCCCCC(C)(C)CC1CCNCC1. The van der Waals surface area contributed by atoms with Crippen LogP contribution in [0.4, 0.5) is 0 Å². The number of nitrogens with one attached hydrogen (secondary N) is 1. The van der Waals surface area contributed by atoms with Crippen LogP contribution in [0.15, 0.2) is 0 Å². The molecule has 0 unspecified atom stereocenters. The molecule has 0 radical (unpaired) electrons. The average Bonchev–Trinajstić information content (AvgIpc) is 2.25. The third-order valence-corrected chi connectivity index (χ3v) is 4.01. The minimum Gasteiger partial charge on any atom is -0.317 e. The van der Waals surface area contributed by atoms with Crippen LogP contribution >= 0.6 is 0 Å². The van der Waals surface area contributed by atoms with Crippen LogP contribution in [0.3, 0.4) is 0 Å². The molecule has 0 aromatic heterocycles. The standard InChI is InChI=1S/C15H31N/c1-4-5-6-7-10-15(2,3)13-14-8-11-16-12-9-14/h14,16H,4-13H2,1-3H3. The number of hydrogen-bond acceptors (Lipinski definition) is 1. The summed E-state index contributed by atoms with van der Waals surface area (Å²) in [5.74, 6) is 0.988. The van der Waals surface area contributed by atoms with E-state index in [2.05, 4.69) is 26.1 Å². The summed E-state index contributed by atoms with van der Waals surface area (Å²) >= 11 is 0. The second-order valence-corrected chi connectivity index (χ2v) is 6.37. The van der Waals surface area contributed by atoms with Crippen LogP contribution in [0, 0.1) is 11.3 Å². The van der Waals surface area contributed by atoms with E-state index in [1.165, 1.54) is 64.5 Å². The molecule has 0 aromatic carbocycles. The lowest BCUT2D eigenvalue weighted by molar-refractivity contribution is 0.210. The lowest BCUT2D eigenvalue weighted by atomic mass is 9.76. The Morgan fingerprint density at radius 3 is 2.38 bits per heavy atom. The van der Waals surface area contributed by atoms with Crippen molar-refractivity contribution in [2.75, 3.05) is 13.1 Å². The van der Waals surface area contributed by atoms with E-state index in [-0.39, 0.29) is 0 Å². The highest BCUT2D eigenvalue weighted by Gasteiger charge is 2.23. The molecule has 1 aliphatic rings. The van der Waals surface area contributed by atoms with Gasteiger partial charge >= 0.3 is 0 Å². The van der Waals surface area contributed by atoms with Gasteiger partial charge in [0.1, 0.15) is 0 Å². The Labute approximate surface area is 102 Å². The average molecular weight is 225 g/mol. The van der Waals surface area contributed by atoms with Gasteiger partial charge in [0, 0.05) is 0 Å². The Kier molecular flexibility index (Phi) is 6.41. The Balaban J connectivity index is 2.16. The van der Waals surface area contributed by atoms with Crippen molar-refractivity contribution in [1.29, 1.82) is 0 Å². The maximum absolute atomic E-state index is 3.46. The van der Waals surface area contributed by atoms with Crippen LogP contribution < -0.4 is 5.32 Å². The number of rotatable bonds is 7. The van der Waals surface area contributed by atoms with Crippen LogP contribution in [0.5, 0.6) is 0 Å². The zero-order valence-electron chi connectivity index (χ0n) is 11.6. The molecule has 1 saturated heterocycles. The van der Waals surface area contributed by atoms with E-state index < -0.39 is 0 Å². The van der Waals surface area contributed by atoms with Crippen molar-refractivity contribution in [2.45, 2.75) is 72.1 Å². The zero-order chi connectivity index (χ0) is 11.9.